The first-order chi connectivity index (χ1) is 27.8. The SMILES string of the molecule is c1ccc(-c2ccccc2-c2nc(-c3ccc(-c4c5ccccc5cc5c4ccc4ccccc45)cc3)nc(-c3cc4ccccc4c4ccccc34)n2)cc1. The summed E-state index contributed by atoms with van der Waals surface area (Å²) in [5.41, 5.74) is 7.43. The van der Waals surface area contributed by atoms with Crippen molar-refractivity contribution in [3.8, 4) is 56.4 Å². The molecule has 1 heterocycles. The maximum Gasteiger partial charge on any atom is 0.164 e. The number of fused-ring (bicyclic) bond motifs is 7. The van der Waals surface area contributed by atoms with Gasteiger partial charge in [0.2, 0.25) is 0 Å². The maximum atomic E-state index is 5.28. The molecule has 0 aliphatic heterocycles. The molecule has 0 saturated carbocycles. The van der Waals surface area contributed by atoms with Crippen molar-refractivity contribution in [2.24, 2.45) is 0 Å². The predicted molar refractivity (Wildman–Crippen MR) is 235 cm³/mol. The normalized spacial score (nSPS) is 11.6. The number of nitrogens with zero attached hydrogens (tertiary/aromatic N) is 3. The Bertz CT molecular complexity index is 3300. The third kappa shape index (κ3) is 5.32. The van der Waals surface area contributed by atoms with Gasteiger partial charge >= 0.3 is 0 Å². The van der Waals surface area contributed by atoms with E-state index in [9.17, 15) is 0 Å². The van der Waals surface area contributed by atoms with Gasteiger partial charge in [-0.1, -0.05) is 188 Å². The third-order valence-electron chi connectivity index (χ3n) is 11.1. The zero-order valence-corrected chi connectivity index (χ0v) is 30.4. The fourth-order valence-corrected chi connectivity index (χ4v) is 8.45. The minimum atomic E-state index is 0.630. The molecule has 0 radical (unpaired) electrons. The highest BCUT2D eigenvalue weighted by molar-refractivity contribution is 6.20. The summed E-state index contributed by atoms with van der Waals surface area (Å²) >= 11 is 0. The lowest BCUT2D eigenvalue weighted by Gasteiger charge is -2.15. The van der Waals surface area contributed by atoms with Crippen molar-refractivity contribution in [3.05, 3.63) is 200 Å². The largest absolute Gasteiger partial charge is 0.208 e. The van der Waals surface area contributed by atoms with E-state index in [0.29, 0.717) is 17.5 Å². The van der Waals surface area contributed by atoms with Crippen LogP contribution < -0.4 is 0 Å². The molecule has 3 heteroatoms. The van der Waals surface area contributed by atoms with Gasteiger partial charge in [-0.3, -0.25) is 0 Å². The molecule has 0 N–H and O–H groups in total. The summed E-state index contributed by atoms with van der Waals surface area (Å²) in [6.45, 7) is 0. The zero-order valence-electron chi connectivity index (χ0n) is 30.4. The number of hydrogen-bond donors (Lipinski definition) is 0. The number of rotatable bonds is 5. The van der Waals surface area contributed by atoms with Crippen LogP contribution in [0, 0.1) is 0 Å². The minimum Gasteiger partial charge on any atom is -0.208 e. The van der Waals surface area contributed by atoms with Crippen molar-refractivity contribution in [3.63, 3.8) is 0 Å². The molecule has 0 saturated heterocycles. The lowest BCUT2D eigenvalue weighted by molar-refractivity contribution is 1.08. The van der Waals surface area contributed by atoms with Gasteiger partial charge in [-0.2, -0.15) is 0 Å². The van der Waals surface area contributed by atoms with E-state index < -0.39 is 0 Å². The quantitative estimate of drug-likeness (QED) is 0.132. The summed E-state index contributed by atoms with van der Waals surface area (Å²) in [4.78, 5) is 15.8. The topological polar surface area (TPSA) is 38.7 Å². The van der Waals surface area contributed by atoms with Crippen molar-refractivity contribution in [1.29, 1.82) is 0 Å². The molecular weight excluding hydrogens is 679 g/mol. The summed E-state index contributed by atoms with van der Waals surface area (Å²) in [6, 6.07) is 71.1. The fraction of sp³-hybridized carbons (Fsp3) is 0. The Labute approximate surface area is 324 Å². The van der Waals surface area contributed by atoms with Crippen LogP contribution in [0.2, 0.25) is 0 Å². The Hall–Kier alpha value is -7.49. The number of hydrogen-bond acceptors (Lipinski definition) is 3. The van der Waals surface area contributed by atoms with Gasteiger partial charge < -0.3 is 0 Å². The molecule has 1 aromatic heterocycles. The highest BCUT2D eigenvalue weighted by Gasteiger charge is 2.19. The molecule has 11 aromatic rings. The molecule has 0 aliphatic rings. The molecule has 0 aliphatic carbocycles. The molecule has 10 aromatic carbocycles. The summed E-state index contributed by atoms with van der Waals surface area (Å²) in [7, 11) is 0. The molecular formula is C53H33N3. The van der Waals surface area contributed by atoms with E-state index in [1.54, 1.807) is 0 Å². The summed E-state index contributed by atoms with van der Waals surface area (Å²) in [5, 5.41) is 12.1. The lowest BCUT2D eigenvalue weighted by Crippen LogP contribution is -2.01. The Morgan fingerprint density at radius 1 is 0.232 bits per heavy atom. The summed E-state index contributed by atoms with van der Waals surface area (Å²) in [6.07, 6.45) is 0. The Kier molecular flexibility index (Phi) is 7.49. The van der Waals surface area contributed by atoms with Gasteiger partial charge in [0.05, 0.1) is 0 Å². The summed E-state index contributed by atoms with van der Waals surface area (Å²) < 4.78 is 0. The van der Waals surface area contributed by atoms with Crippen molar-refractivity contribution in [2.45, 2.75) is 0 Å². The standard InChI is InChI=1S/C53H33N3/c1-2-14-34(15-3-1)40-19-10-13-25-47(40)52-54-51(55-53(56-52)49-33-38-17-5-8-21-42(38)44-23-11-12-24-45(44)49)37-28-26-36(27-29-37)50-43-22-9-6-18-39(43)32-48-41-20-7-4-16-35(41)30-31-46(48)50/h1-33H. The van der Waals surface area contributed by atoms with E-state index in [-0.39, 0.29) is 0 Å². The molecule has 0 bridgehead atoms. The molecule has 0 unspecified atom stereocenters. The van der Waals surface area contributed by atoms with Gasteiger partial charge in [-0.15, -0.1) is 0 Å². The van der Waals surface area contributed by atoms with Gasteiger partial charge in [0, 0.05) is 16.7 Å². The molecule has 0 atom stereocenters. The second-order valence-corrected chi connectivity index (χ2v) is 14.3. The van der Waals surface area contributed by atoms with Crippen LogP contribution in [-0.2, 0) is 0 Å². The van der Waals surface area contributed by atoms with Gasteiger partial charge in [-0.05, 0) is 88.2 Å². The van der Waals surface area contributed by atoms with E-state index in [2.05, 4.69) is 194 Å². The highest BCUT2D eigenvalue weighted by atomic mass is 15.0. The highest BCUT2D eigenvalue weighted by Crippen LogP contribution is 2.41. The molecule has 0 amide bonds. The second-order valence-electron chi connectivity index (χ2n) is 14.3. The average molecular weight is 712 g/mol. The average Bonchev–Trinajstić information content (AvgIpc) is 3.28. The van der Waals surface area contributed by atoms with Crippen LogP contribution in [0.4, 0.5) is 0 Å². The smallest absolute Gasteiger partial charge is 0.164 e. The van der Waals surface area contributed by atoms with Gasteiger partial charge in [0.15, 0.2) is 17.5 Å². The van der Waals surface area contributed by atoms with Crippen LogP contribution in [0.5, 0.6) is 0 Å². The van der Waals surface area contributed by atoms with E-state index in [0.717, 1.165) is 44.2 Å². The molecule has 260 valence electrons. The zero-order chi connectivity index (χ0) is 37.0. The van der Waals surface area contributed by atoms with Gasteiger partial charge in [-0.25, -0.2) is 15.0 Å². The van der Waals surface area contributed by atoms with E-state index in [4.69, 9.17) is 15.0 Å². The third-order valence-corrected chi connectivity index (χ3v) is 11.1. The first-order valence-electron chi connectivity index (χ1n) is 19.0. The van der Waals surface area contributed by atoms with E-state index in [1.165, 1.54) is 48.7 Å². The first kappa shape index (κ1) is 32.0. The minimum absolute atomic E-state index is 0.630. The summed E-state index contributed by atoms with van der Waals surface area (Å²) in [5.74, 6) is 1.91. The van der Waals surface area contributed by atoms with Crippen LogP contribution in [0.25, 0.3) is 110 Å². The predicted octanol–water partition coefficient (Wildman–Crippen LogP) is 14.0. The molecule has 3 nitrogen and oxygen atoms in total. The van der Waals surface area contributed by atoms with Crippen molar-refractivity contribution >= 4 is 53.9 Å². The van der Waals surface area contributed by atoms with E-state index in [1.807, 2.05) is 6.07 Å². The second kappa shape index (κ2) is 13.1. The maximum absolute atomic E-state index is 5.28. The van der Waals surface area contributed by atoms with Gasteiger partial charge in [0.1, 0.15) is 0 Å². The Morgan fingerprint density at radius 2 is 0.750 bits per heavy atom. The number of aromatic nitrogens is 3. The first-order valence-corrected chi connectivity index (χ1v) is 19.0. The van der Waals surface area contributed by atoms with Crippen LogP contribution >= 0.6 is 0 Å². The molecule has 11 rings (SSSR count). The van der Waals surface area contributed by atoms with E-state index >= 15 is 0 Å². The van der Waals surface area contributed by atoms with Crippen LogP contribution in [0.1, 0.15) is 0 Å². The molecule has 56 heavy (non-hydrogen) atoms. The van der Waals surface area contributed by atoms with Crippen molar-refractivity contribution < 1.29 is 0 Å². The molecule has 0 spiro atoms. The monoisotopic (exact) mass is 711 g/mol. The fourth-order valence-electron chi connectivity index (χ4n) is 8.45. The van der Waals surface area contributed by atoms with Crippen LogP contribution in [-0.4, -0.2) is 15.0 Å². The van der Waals surface area contributed by atoms with Crippen LogP contribution in [0.3, 0.4) is 0 Å². The number of benzene rings is 10. The van der Waals surface area contributed by atoms with Crippen molar-refractivity contribution in [1.82, 2.24) is 15.0 Å². The molecule has 0 fully saturated rings. The van der Waals surface area contributed by atoms with Crippen molar-refractivity contribution in [2.75, 3.05) is 0 Å². The Balaban J connectivity index is 1.13. The lowest BCUT2D eigenvalue weighted by atomic mass is 9.89. The van der Waals surface area contributed by atoms with Crippen LogP contribution in [0.15, 0.2) is 200 Å². The van der Waals surface area contributed by atoms with Gasteiger partial charge in [0.25, 0.3) is 0 Å². The Morgan fingerprint density at radius 3 is 1.50 bits per heavy atom.